The van der Waals surface area contributed by atoms with Gasteiger partial charge in [-0.25, -0.2) is 0 Å². The molecule has 5 heteroatoms. The molecule has 2 N–H and O–H groups in total. The molecule has 0 aliphatic carbocycles. The van der Waals surface area contributed by atoms with Crippen molar-refractivity contribution in [3.05, 3.63) is 70.7 Å². The Morgan fingerprint density at radius 3 is 2.41 bits per heavy atom. The van der Waals surface area contributed by atoms with Crippen LogP contribution in [0.1, 0.15) is 22.3 Å². The minimum absolute atomic E-state index is 0.198. The largest absolute Gasteiger partial charge is 0.362 e. The van der Waals surface area contributed by atoms with Crippen molar-refractivity contribution in [2.45, 2.75) is 12.8 Å². The highest BCUT2D eigenvalue weighted by atomic mass is 35.5. The second kappa shape index (κ2) is 8.51. The van der Waals surface area contributed by atoms with Gasteiger partial charge < -0.3 is 5.32 Å². The smallest absolute Gasteiger partial charge is 0.257 e. The van der Waals surface area contributed by atoms with Crippen molar-refractivity contribution in [2.75, 3.05) is 6.54 Å². The molecule has 0 heterocycles. The molecule has 2 aromatic carbocycles. The standard InChI is InChI=1S/C17H17ClN2OS/c18-15-10-8-13(9-11-15)5-4-12-19-17(22)20-16(21)14-6-2-1-3-7-14/h1-3,6-11H,4-5,12H2,(H2,19,20,21,22). The highest BCUT2D eigenvalue weighted by Crippen LogP contribution is 2.10. The molecule has 0 spiro atoms. The van der Waals surface area contributed by atoms with Gasteiger partial charge in [0.1, 0.15) is 0 Å². The van der Waals surface area contributed by atoms with Crippen LogP contribution in [-0.4, -0.2) is 17.6 Å². The molecule has 1 amide bonds. The third-order valence-corrected chi connectivity index (χ3v) is 3.60. The van der Waals surface area contributed by atoms with Gasteiger partial charge in [-0.1, -0.05) is 41.9 Å². The van der Waals surface area contributed by atoms with E-state index >= 15 is 0 Å². The Morgan fingerprint density at radius 2 is 1.73 bits per heavy atom. The molecule has 22 heavy (non-hydrogen) atoms. The zero-order valence-electron chi connectivity index (χ0n) is 12.0. The van der Waals surface area contributed by atoms with Gasteiger partial charge in [-0.05, 0) is 54.9 Å². The number of hydrogen-bond acceptors (Lipinski definition) is 2. The van der Waals surface area contributed by atoms with Gasteiger partial charge in [0.2, 0.25) is 0 Å². The van der Waals surface area contributed by atoms with Gasteiger partial charge in [-0.3, -0.25) is 10.1 Å². The number of thiocarbonyl (C=S) groups is 1. The van der Waals surface area contributed by atoms with Gasteiger partial charge in [0.25, 0.3) is 5.91 Å². The Morgan fingerprint density at radius 1 is 1.05 bits per heavy atom. The number of halogens is 1. The minimum atomic E-state index is -0.198. The van der Waals surface area contributed by atoms with E-state index in [1.165, 1.54) is 5.56 Å². The Hall–Kier alpha value is -1.91. The van der Waals surface area contributed by atoms with E-state index < -0.39 is 0 Å². The Labute approximate surface area is 140 Å². The lowest BCUT2D eigenvalue weighted by atomic mass is 10.1. The SMILES string of the molecule is O=C(NC(=S)NCCCc1ccc(Cl)cc1)c1ccccc1. The number of aryl methyl sites for hydroxylation is 1. The van der Waals surface area contributed by atoms with Crippen LogP contribution in [0.4, 0.5) is 0 Å². The first kappa shape index (κ1) is 16.5. The second-order valence-electron chi connectivity index (χ2n) is 4.81. The quantitative estimate of drug-likeness (QED) is 0.649. The maximum atomic E-state index is 11.9. The molecule has 0 aromatic heterocycles. The van der Waals surface area contributed by atoms with Gasteiger partial charge in [0.15, 0.2) is 5.11 Å². The molecule has 0 bridgehead atoms. The summed E-state index contributed by atoms with van der Waals surface area (Å²) in [7, 11) is 0. The monoisotopic (exact) mass is 332 g/mol. The average molecular weight is 333 g/mol. The van der Waals surface area contributed by atoms with Gasteiger partial charge in [0, 0.05) is 17.1 Å². The first-order valence-electron chi connectivity index (χ1n) is 7.04. The van der Waals surface area contributed by atoms with Crippen molar-refractivity contribution < 1.29 is 4.79 Å². The van der Waals surface area contributed by atoms with Crippen LogP contribution in [0.5, 0.6) is 0 Å². The molecule has 114 valence electrons. The zero-order valence-corrected chi connectivity index (χ0v) is 13.6. The third-order valence-electron chi connectivity index (χ3n) is 3.10. The Kier molecular flexibility index (Phi) is 6.37. The number of amides is 1. The van der Waals surface area contributed by atoms with E-state index in [0.717, 1.165) is 17.9 Å². The first-order chi connectivity index (χ1) is 10.6. The van der Waals surface area contributed by atoms with Crippen LogP contribution in [0.2, 0.25) is 5.02 Å². The fraction of sp³-hybridized carbons (Fsp3) is 0.176. The predicted molar refractivity (Wildman–Crippen MR) is 94.3 cm³/mol. The van der Waals surface area contributed by atoms with E-state index in [4.69, 9.17) is 23.8 Å². The molecule has 0 radical (unpaired) electrons. The number of benzene rings is 2. The van der Waals surface area contributed by atoms with Gasteiger partial charge in [0.05, 0.1) is 0 Å². The fourth-order valence-electron chi connectivity index (χ4n) is 1.95. The molecular formula is C17H17ClN2OS. The summed E-state index contributed by atoms with van der Waals surface area (Å²) in [6.07, 6.45) is 1.85. The molecule has 2 aromatic rings. The van der Waals surface area contributed by atoms with Crippen LogP contribution in [0, 0.1) is 0 Å². The Balaban J connectivity index is 1.67. The van der Waals surface area contributed by atoms with E-state index in [2.05, 4.69) is 10.6 Å². The molecule has 0 fully saturated rings. The maximum absolute atomic E-state index is 11.9. The van der Waals surface area contributed by atoms with Gasteiger partial charge in [-0.2, -0.15) is 0 Å². The average Bonchev–Trinajstić information content (AvgIpc) is 2.54. The van der Waals surface area contributed by atoms with E-state index in [1.54, 1.807) is 12.1 Å². The Bertz CT molecular complexity index is 629. The molecule has 0 saturated heterocycles. The van der Waals surface area contributed by atoms with Crippen LogP contribution < -0.4 is 10.6 Å². The van der Waals surface area contributed by atoms with Gasteiger partial charge >= 0.3 is 0 Å². The number of carbonyl (C=O) groups excluding carboxylic acids is 1. The number of hydrogen-bond donors (Lipinski definition) is 2. The molecule has 0 aliphatic heterocycles. The summed E-state index contributed by atoms with van der Waals surface area (Å²) in [6, 6.07) is 16.8. The summed E-state index contributed by atoms with van der Waals surface area (Å²) < 4.78 is 0. The fourth-order valence-corrected chi connectivity index (χ4v) is 2.28. The van der Waals surface area contributed by atoms with E-state index in [0.29, 0.717) is 17.2 Å². The lowest BCUT2D eigenvalue weighted by molar-refractivity contribution is 0.0976. The summed E-state index contributed by atoms with van der Waals surface area (Å²) in [5.41, 5.74) is 1.82. The van der Waals surface area contributed by atoms with Crippen molar-refractivity contribution in [3.8, 4) is 0 Å². The lowest BCUT2D eigenvalue weighted by Gasteiger charge is -2.09. The van der Waals surface area contributed by atoms with Gasteiger partial charge in [-0.15, -0.1) is 0 Å². The van der Waals surface area contributed by atoms with Crippen LogP contribution in [0.3, 0.4) is 0 Å². The predicted octanol–water partition coefficient (Wildman–Crippen LogP) is 3.58. The summed E-state index contributed by atoms with van der Waals surface area (Å²) in [6.45, 7) is 0.705. The zero-order chi connectivity index (χ0) is 15.8. The highest BCUT2D eigenvalue weighted by Gasteiger charge is 2.06. The second-order valence-corrected chi connectivity index (χ2v) is 5.65. The van der Waals surface area contributed by atoms with Crippen LogP contribution in [0.25, 0.3) is 0 Å². The maximum Gasteiger partial charge on any atom is 0.257 e. The number of nitrogens with one attached hydrogen (secondary N) is 2. The summed E-state index contributed by atoms with van der Waals surface area (Å²) in [5, 5.41) is 6.80. The molecule has 0 aliphatic rings. The van der Waals surface area contributed by atoms with E-state index in [9.17, 15) is 4.79 Å². The van der Waals surface area contributed by atoms with E-state index in [-0.39, 0.29) is 5.91 Å². The first-order valence-corrected chi connectivity index (χ1v) is 7.82. The molecular weight excluding hydrogens is 316 g/mol. The van der Waals surface area contributed by atoms with Crippen LogP contribution >= 0.6 is 23.8 Å². The van der Waals surface area contributed by atoms with Crippen LogP contribution in [0.15, 0.2) is 54.6 Å². The molecule has 2 rings (SSSR count). The van der Waals surface area contributed by atoms with Crippen molar-refractivity contribution >= 4 is 34.8 Å². The number of carbonyl (C=O) groups is 1. The summed E-state index contributed by atoms with van der Waals surface area (Å²) >= 11 is 11.0. The van der Waals surface area contributed by atoms with Crippen LogP contribution in [-0.2, 0) is 6.42 Å². The third kappa shape index (κ3) is 5.47. The number of rotatable bonds is 5. The highest BCUT2D eigenvalue weighted by molar-refractivity contribution is 7.80. The normalized spacial score (nSPS) is 10.0. The molecule has 3 nitrogen and oxygen atoms in total. The topological polar surface area (TPSA) is 41.1 Å². The molecule has 0 saturated carbocycles. The van der Waals surface area contributed by atoms with E-state index in [1.807, 2.05) is 42.5 Å². The molecule has 0 atom stereocenters. The summed E-state index contributed by atoms with van der Waals surface area (Å²) in [5.74, 6) is -0.198. The minimum Gasteiger partial charge on any atom is -0.362 e. The van der Waals surface area contributed by atoms with Crippen molar-refractivity contribution in [1.29, 1.82) is 0 Å². The van der Waals surface area contributed by atoms with Crippen molar-refractivity contribution in [2.24, 2.45) is 0 Å². The summed E-state index contributed by atoms with van der Waals surface area (Å²) in [4.78, 5) is 11.9. The lowest BCUT2D eigenvalue weighted by Crippen LogP contribution is -2.39. The van der Waals surface area contributed by atoms with Crippen molar-refractivity contribution in [3.63, 3.8) is 0 Å². The molecule has 0 unspecified atom stereocenters. The van der Waals surface area contributed by atoms with Crippen molar-refractivity contribution in [1.82, 2.24) is 10.6 Å².